The van der Waals surface area contributed by atoms with E-state index in [-0.39, 0.29) is 5.41 Å². The van der Waals surface area contributed by atoms with Crippen LogP contribution >= 0.6 is 11.3 Å². The first-order valence-corrected chi connectivity index (χ1v) is 10.9. The van der Waals surface area contributed by atoms with Gasteiger partial charge in [-0.3, -0.25) is 14.6 Å². The first kappa shape index (κ1) is 19.8. The molecule has 3 heterocycles. The molecule has 0 saturated carbocycles. The van der Waals surface area contributed by atoms with Gasteiger partial charge in [-0.15, -0.1) is 11.3 Å². The van der Waals surface area contributed by atoms with E-state index in [1.165, 1.54) is 10.7 Å². The molecule has 0 N–H and O–H groups in total. The summed E-state index contributed by atoms with van der Waals surface area (Å²) in [5.41, 5.74) is 1.32. The Balaban J connectivity index is 1.41. The molecule has 0 aromatic carbocycles. The molecule has 0 aliphatic carbocycles. The zero-order valence-electron chi connectivity index (χ0n) is 16.8. The second kappa shape index (κ2) is 8.36. The van der Waals surface area contributed by atoms with Gasteiger partial charge >= 0.3 is 0 Å². The van der Waals surface area contributed by atoms with Crippen LogP contribution in [0.15, 0.2) is 5.38 Å². The van der Waals surface area contributed by atoms with Gasteiger partial charge in [-0.05, 0) is 18.8 Å². The third-order valence-corrected chi connectivity index (χ3v) is 6.47. The molecule has 2 aliphatic rings. The smallest absolute Gasteiger partial charge is 0.236 e. The fourth-order valence-corrected chi connectivity index (χ4v) is 4.64. The third kappa shape index (κ3) is 5.27. The van der Waals surface area contributed by atoms with Crippen LogP contribution in [0.5, 0.6) is 0 Å². The number of piperidine rings is 1. The van der Waals surface area contributed by atoms with Crippen molar-refractivity contribution in [1.82, 2.24) is 19.7 Å². The van der Waals surface area contributed by atoms with Crippen LogP contribution in [0.25, 0.3) is 0 Å². The Morgan fingerprint density at radius 1 is 1.12 bits per heavy atom. The average Bonchev–Trinajstić information content (AvgIpc) is 3.06. The lowest BCUT2D eigenvalue weighted by Gasteiger charge is -2.36. The lowest BCUT2D eigenvalue weighted by molar-refractivity contribution is -0.134. The van der Waals surface area contributed by atoms with Crippen LogP contribution < -0.4 is 0 Å². The predicted octanol–water partition coefficient (Wildman–Crippen LogP) is 2.82. The normalized spacial score (nSPS) is 21.3. The van der Waals surface area contributed by atoms with Crippen LogP contribution in [-0.4, -0.2) is 71.4 Å². The van der Waals surface area contributed by atoms with E-state index in [0.29, 0.717) is 12.5 Å². The Labute approximate surface area is 162 Å². The van der Waals surface area contributed by atoms with Crippen molar-refractivity contribution < 1.29 is 4.79 Å². The highest BCUT2D eigenvalue weighted by atomic mass is 32.1. The number of hydrogen-bond donors (Lipinski definition) is 0. The third-order valence-electron chi connectivity index (χ3n) is 5.64. The van der Waals surface area contributed by atoms with Gasteiger partial charge in [-0.2, -0.15) is 0 Å². The summed E-state index contributed by atoms with van der Waals surface area (Å²) in [5.74, 6) is 1.09. The summed E-state index contributed by atoms with van der Waals surface area (Å²) in [4.78, 5) is 24.2. The molecule has 2 fully saturated rings. The fourth-order valence-electron chi connectivity index (χ4n) is 3.57. The number of hydrogen-bond acceptors (Lipinski definition) is 5. The zero-order chi connectivity index (χ0) is 18.7. The average molecular weight is 379 g/mol. The summed E-state index contributed by atoms with van der Waals surface area (Å²) >= 11 is 1.77. The summed E-state index contributed by atoms with van der Waals surface area (Å²) in [6.45, 7) is 16.3. The van der Waals surface area contributed by atoms with Crippen LogP contribution in [0.4, 0.5) is 0 Å². The minimum absolute atomic E-state index is 0.125. The van der Waals surface area contributed by atoms with Crippen LogP contribution in [0.3, 0.4) is 0 Å². The fraction of sp³-hybridized carbons (Fsp3) is 0.800. The highest BCUT2D eigenvalue weighted by Crippen LogP contribution is 2.24. The van der Waals surface area contributed by atoms with E-state index in [1.807, 2.05) is 0 Å². The summed E-state index contributed by atoms with van der Waals surface area (Å²) < 4.78 is 0. The number of aromatic nitrogens is 1. The zero-order valence-corrected chi connectivity index (χ0v) is 17.6. The number of carbonyl (C=O) groups excluding carboxylic acids is 1. The van der Waals surface area contributed by atoms with E-state index in [4.69, 9.17) is 4.98 Å². The molecule has 2 aliphatic heterocycles. The van der Waals surface area contributed by atoms with Crippen LogP contribution in [-0.2, 0) is 16.8 Å². The van der Waals surface area contributed by atoms with E-state index >= 15 is 0 Å². The van der Waals surface area contributed by atoms with E-state index < -0.39 is 0 Å². The maximum atomic E-state index is 12.5. The van der Waals surface area contributed by atoms with Crippen LogP contribution in [0.2, 0.25) is 0 Å². The van der Waals surface area contributed by atoms with Crippen molar-refractivity contribution >= 4 is 17.2 Å². The molecule has 0 atom stereocenters. The molecule has 5 nitrogen and oxygen atoms in total. The van der Waals surface area contributed by atoms with Crippen molar-refractivity contribution in [1.29, 1.82) is 0 Å². The number of piperazine rings is 1. The Bertz CT molecular complexity index is 593. The van der Waals surface area contributed by atoms with Gasteiger partial charge in [-0.25, -0.2) is 4.98 Å². The molecular weight excluding hydrogens is 344 g/mol. The van der Waals surface area contributed by atoms with Gasteiger partial charge in [0.15, 0.2) is 0 Å². The number of nitrogens with zero attached hydrogens (tertiary/aromatic N) is 4. The molecule has 146 valence electrons. The van der Waals surface area contributed by atoms with Gasteiger partial charge in [0.05, 0.1) is 18.8 Å². The number of thiazole rings is 1. The first-order valence-electron chi connectivity index (χ1n) is 9.98. The molecule has 2 saturated heterocycles. The van der Waals surface area contributed by atoms with Crippen molar-refractivity contribution in [2.75, 3.05) is 45.8 Å². The Morgan fingerprint density at radius 2 is 1.73 bits per heavy atom. The highest BCUT2D eigenvalue weighted by Gasteiger charge is 2.25. The molecule has 0 spiro atoms. The van der Waals surface area contributed by atoms with Gasteiger partial charge < -0.3 is 4.90 Å². The second-order valence-electron chi connectivity index (χ2n) is 8.99. The summed E-state index contributed by atoms with van der Waals surface area (Å²) in [6.07, 6.45) is 2.31. The summed E-state index contributed by atoms with van der Waals surface area (Å²) in [5, 5.41) is 3.41. The Kier molecular flexibility index (Phi) is 6.36. The van der Waals surface area contributed by atoms with E-state index in [1.54, 1.807) is 11.3 Å². The number of carbonyl (C=O) groups is 1. The minimum atomic E-state index is 0.125. The number of likely N-dealkylation sites (tertiary alicyclic amines) is 1. The molecule has 1 amide bonds. The molecule has 6 heteroatoms. The van der Waals surface area contributed by atoms with Gasteiger partial charge in [0.2, 0.25) is 5.91 Å². The molecule has 0 unspecified atom stereocenters. The largest absolute Gasteiger partial charge is 0.342 e. The minimum Gasteiger partial charge on any atom is -0.342 e. The topological polar surface area (TPSA) is 39.7 Å². The summed E-state index contributed by atoms with van der Waals surface area (Å²) in [6, 6.07) is 0. The SMILES string of the molecule is CC1CCN(C(=O)CN2CCN(Cc3nc(C(C)(C)C)cs3)CC2)CC1. The van der Waals surface area contributed by atoms with Crippen molar-refractivity contribution in [2.24, 2.45) is 5.92 Å². The van der Waals surface area contributed by atoms with Gasteiger partial charge in [0.1, 0.15) is 5.01 Å². The quantitative estimate of drug-likeness (QED) is 0.808. The molecule has 1 aromatic heterocycles. The molecular formula is C20H34N4OS. The second-order valence-corrected chi connectivity index (χ2v) is 9.93. The molecule has 0 radical (unpaired) electrons. The Hall–Kier alpha value is -0.980. The predicted molar refractivity (Wildman–Crippen MR) is 108 cm³/mol. The van der Waals surface area contributed by atoms with Gasteiger partial charge in [-0.1, -0.05) is 27.7 Å². The Morgan fingerprint density at radius 3 is 2.31 bits per heavy atom. The van der Waals surface area contributed by atoms with Crippen LogP contribution in [0.1, 0.15) is 51.2 Å². The van der Waals surface area contributed by atoms with E-state index in [0.717, 1.165) is 64.6 Å². The highest BCUT2D eigenvalue weighted by molar-refractivity contribution is 7.09. The molecule has 3 rings (SSSR count). The van der Waals surface area contributed by atoms with Gasteiger partial charge in [0.25, 0.3) is 0 Å². The van der Waals surface area contributed by atoms with Crippen LogP contribution in [0, 0.1) is 5.92 Å². The molecule has 26 heavy (non-hydrogen) atoms. The van der Waals surface area contributed by atoms with Crippen molar-refractivity contribution in [3.8, 4) is 0 Å². The standard InChI is InChI=1S/C20H34N4OS/c1-16-5-7-24(8-6-16)19(25)14-23-11-9-22(10-12-23)13-18-21-17(15-26-18)20(2,3)4/h15-16H,5-14H2,1-4H3. The maximum absolute atomic E-state index is 12.5. The van der Waals surface area contributed by atoms with E-state index in [2.05, 4.69) is 47.8 Å². The van der Waals surface area contributed by atoms with E-state index in [9.17, 15) is 4.79 Å². The number of amides is 1. The summed E-state index contributed by atoms with van der Waals surface area (Å²) in [7, 11) is 0. The number of rotatable bonds is 4. The maximum Gasteiger partial charge on any atom is 0.236 e. The van der Waals surface area contributed by atoms with Crippen molar-refractivity contribution in [2.45, 2.75) is 52.5 Å². The van der Waals surface area contributed by atoms with Gasteiger partial charge in [0, 0.05) is 50.1 Å². The monoisotopic (exact) mass is 378 g/mol. The first-order chi connectivity index (χ1) is 12.3. The lowest BCUT2D eigenvalue weighted by atomic mass is 9.93. The molecule has 1 aromatic rings. The van der Waals surface area contributed by atoms with Crippen molar-refractivity contribution in [3.05, 3.63) is 16.1 Å². The van der Waals surface area contributed by atoms with Crippen molar-refractivity contribution in [3.63, 3.8) is 0 Å². The lowest BCUT2D eigenvalue weighted by Crippen LogP contribution is -2.50. The molecule has 0 bridgehead atoms.